The van der Waals surface area contributed by atoms with Crippen LogP contribution in [0.15, 0.2) is 48.5 Å². The van der Waals surface area contributed by atoms with Crippen molar-refractivity contribution in [3.05, 3.63) is 65.5 Å². The maximum atomic E-state index is 13.7. The van der Waals surface area contributed by atoms with Gasteiger partial charge in [-0.05, 0) is 55.2 Å². The standard InChI is InChI=1S/C22H25FN2O2/c1-24(13-10-18-4-2-3-5-21(18)23)22(27)19-11-14-25(15-12-19)20-8-6-17(16-26)7-9-20/h2-9,16,19H,10-15H2,1H3. The van der Waals surface area contributed by atoms with Gasteiger partial charge in [0.2, 0.25) is 5.91 Å². The zero-order valence-corrected chi connectivity index (χ0v) is 15.6. The van der Waals surface area contributed by atoms with Gasteiger partial charge in [-0.3, -0.25) is 9.59 Å². The predicted octanol–water partition coefficient (Wildman–Crippen LogP) is 3.56. The van der Waals surface area contributed by atoms with Gasteiger partial charge in [0.1, 0.15) is 12.1 Å². The Hall–Kier alpha value is -2.69. The Labute approximate surface area is 159 Å². The molecule has 5 heteroatoms. The summed E-state index contributed by atoms with van der Waals surface area (Å²) in [5.41, 5.74) is 2.39. The number of carbonyl (C=O) groups excluding carboxylic acids is 2. The first-order valence-electron chi connectivity index (χ1n) is 9.37. The third-order valence-corrected chi connectivity index (χ3v) is 5.29. The lowest BCUT2D eigenvalue weighted by Crippen LogP contribution is -2.41. The molecule has 0 unspecified atom stereocenters. The van der Waals surface area contributed by atoms with Crippen molar-refractivity contribution in [2.24, 2.45) is 5.92 Å². The Morgan fingerprint density at radius 3 is 2.44 bits per heavy atom. The fourth-order valence-electron chi connectivity index (χ4n) is 3.56. The van der Waals surface area contributed by atoms with Crippen molar-refractivity contribution in [2.45, 2.75) is 19.3 Å². The summed E-state index contributed by atoms with van der Waals surface area (Å²) in [6, 6.07) is 14.2. The molecule has 1 heterocycles. The van der Waals surface area contributed by atoms with Gasteiger partial charge >= 0.3 is 0 Å². The van der Waals surface area contributed by atoms with E-state index in [-0.39, 0.29) is 17.6 Å². The van der Waals surface area contributed by atoms with Gasteiger partial charge in [0.05, 0.1) is 0 Å². The van der Waals surface area contributed by atoms with Crippen molar-refractivity contribution in [1.82, 2.24) is 4.90 Å². The van der Waals surface area contributed by atoms with E-state index in [9.17, 15) is 14.0 Å². The Balaban J connectivity index is 1.50. The van der Waals surface area contributed by atoms with E-state index in [2.05, 4.69) is 4.90 Å². The first kappa shape index (κ1) is 19.1. The smallest absolute Gasteiger partial charge is 0.225 e. The van der Waals surface area contributed by atoms with Crippen LogP contribution in [0.1, 0.15) is 28.8 Å². The molecule has 0 spiro atoms. The summed E-state index contributed by atoms with van der Waals surface area (Å²) in [5.74, 6) is -0.0596. The van der Waals surface area contributed by atoms with Gasteiger partial charge < -0.3 is 9.80 Å². The number of anilines is 1. The lowest BCUT2D eigenvalue weighted by molar-refractivity contribution is -0.134. The molecule has 1 amide bonds. The minimum absolute atomic E-state index is 0.0149. The van der Waals surface area contributed by atoms with Gasteiger partial charge in [0, 0.05) is 43.9 Å². The Kier molecular flexibility index (Phi) is 6.22. The number of aldehydes is 1. The van der Waals surface area contributed by atoms with Crippen LogP contribution >= 0.6 is 0 Å². The van der Waals surface area contributed by atoms with Crippen LogP contribution in [0.2, 0.25) is 0 Å². The van der Waals surface area contributed by atoms with Gasteiger partial charge in [-0.2, -0.15) is 0 Å². The second kappa shape index (κ2) is 8.80. The minimum atomic E-state index is -0.216. The van der Waals surface area contributed by atoms with E-state index in [0.29, 0.717) is 24.1 Å². The van der Waals surface area contributed by atoms with Crippen LogP contribution in [0.25, 0.3) is 0 Å². The van der Waals surface area contributed by atoms with Crippen LogP contribution in [0.5, 0.6) is 0 Å². The van der Waals surface area contributed by atoms with Crippen LogP contribution in [0.3, 0.4) is 0 Å². The molecular formula is C22H25FN2O2. The quantitative estimate of drug-likeness (QED) is 0.732. The van der Waals surface area contributed by atoms with Crippen LogP contribution in [0.4, 0.5) is 10.1 Å². The van der Waals surface area contributed by atoms with Crippen molar-refractivity contribution in [2.75, 3.05) is 31.6 Å². The number of likely N-dealkylation sites (N-methyl/N-ethyl adjacent to an activating group) is 1. The molecule has 142 valence electrons. The summed E-state index contributed by atoms with van der Waals surface area (Å²) in [6.07, 6.45) is 2.97. The summed E-state index contributed by atoms with van der Waals surface area (Å²) in [7, 11) is 1.80. The van der Waals surface area contributed by atoms with E-state index < -0.39 is 0 Å². The normalized spacial score (nSPS) is 14.8. The second-order valence-corrected chi connectivity index (χ2v) is 7.07. The maximum absolute atomic E-state index is 13.7. The molecule has 0 aromatic heterocycles. The number of rotatable bonds is 6. The molecule has 0 N–H and O–H groups in total. The highest BCUT2D eigenvalue weighted by molar-refractivity contribution is 5.79. The zero-order valence-electron chi connectivity index (χ0n) is 15.6. The van der Waals surface area contributed by atoms with Gasteiger partial charge in [-0.25, -0.2) is 4.39 Å². The third-order valence-electron chi connectivity index (χ3n) is 5.29. The van der Waals surface area contributed by atoms with E-state index in [1.165, 1.54) is 6.07 Å². The molecule has 1 aliphatic rings. The average molecular weight is 368 g/mol. The number of piperidine rings is 1. The topological polar surface area (TPSA) is 40.6 Å². The first-order chi connectivity index (χ1) is 13.1. The third kappa shape index (κ3) is 4.73. The molecule has 0 saturated carbocycles. The maximum Gasteiger partial charge on any atom is 0.225 e. The van der Waals surface area contributed by atoms with Crippen molar-refractivity contribution in [3.8, 4) is 0 Å². The van der Waals surface area contributed by atoms with Crippen molar-refractivity contribution < 1.29 is 14.0 Å². The second-order valence-electron chi connectivity index (χ2n) is 7.07. The number of carbonyl (C=O) groups is 2. The number of nitrogens with zero attached hydrogens (tertiary/aromatic N) is 2. The molecule has 4 nitrogen and oxygen atoms in total. The molecule has 2 aromatic carbocycles. The Bertz CT molecular complexity index is 783. The lowest BCUT2D eigenvalue weighted by Gasteiger charge is -2.34. The largest absolute Gasteiger partial charge is 0.371 e. The Morgan fingerprint density at radius 1 is 1.15 bits per heavy atom. The minimum Gasteiger partial charge on any atom is -0.371 e. The molecule has 0 bridgehead atoms. The highest BCUT2D eigenvalue weighted by Gasteiger charge is 2.27. The molecule has 1 saturated heterocycles. The summed E-state index contributed by atoms with van der Waals surface area (Å²) in [5, 5.41) is 0. The van der Waals surface area contributed by atoms with Crippen molar-refractivity contribution in [1.29, 1.82) is 0 Å². The van der Waals surface area contributed by atoms with Crippen LogP contribution in [0, 0.1) is 11.7 Å². The summed E-state index contributed by atoms with van der Waals surface area (Å²) in [6.45, 7) is 2.16. The number of benzene rings is 2. The fourth-order valence-corrected chi connectivity index (χ4v) is 3.56. The van der Waals surface area contributed by atoms with Crippen molar-refractivity contribution in [3.63, 3.8) is 0 Å². The summed E-state index contributed by atoms with van der Waals surface area (Å²) in [4.78, 5) is 27.4. The Morgan fingerprint density at radius 2 is 1.81 bits per heavy atom. The molecule has 3 rings (SSSR count). The van der Waals surface area contributed by atoms with E-state index in [1.54, 1.807) is 24.1 Å². The van der Waals surface area contributed by atoms with E-state index in [1.807, 2.05) is 30.3 Å². The van der Waals surface area contributed by atoms with Gasteiger partial charge in [0.25, 0.3) is 0 Å². The number of hydrogen-bond acceptors (Lipinski definition) is 3. The highest BCUT2D eigenvalue weighted by Crippen LogP contribution is 2.24. The van der Waals surface area contributed by atoms with Crippen LogP contribution < -0.4 is 4.90 Å². The van der Waals surface area contributed by atoms with E-state index in [0.717, 1.165) is 37.9 Å². The molecule has 1 fully saturated rings. The molecule has 27 heavy (non-hydrogen) atoms. The summed E-state index contributed by atoms with van der Waals surface area (Å²) >= 11 is 0. The lowest BCUT2D eigenvalue weighted by atomic mass is 9.94. The van der Waals surface area contributed by atoms with Gasteiger partial charge in [-0.15, -0.1) is 0 Å². The number of hydrogen-bond donors (Lipinski definition) is 0. The molecular weight excluding hydrogens is 343 g/mol. The SMILES string of the molecule is CN(CCc1ccccc1F)C(=O)C1CCN(c2ccc(C=O)cc2)CC1. The molecule has 0 radical (unpaired) electrons. The highest BCUT2D eigenvalue weighted by atomic mass is 19.1. The molecule has 2 aromatic rings. The van der Waals surface area contributed by atoms with Gasteiger partial charge in [0.15, 0.2) is 0 Å². The molecule has 1 aliphatic heterocycles. The molecule has 0 aliphatic carbocycles. The number of halogens is 1. The first-order valence-corrected chi connectivity index (χ1v) is 9.37. The zero-order chi connectivity index (χ0) is 19.2. The average Bonchev–Trinajstić information content (AvgIpc) is 2.72. The van der Waals surface area contributed by atoms with E-state index in [4.69, 9.17) is 0 Å². The fraction of sp³-hybridized carbons (Fsp3) is 0.364. The predicted molar refractivity (Wildman–Crippen MR) is 105 cm³/mol. The van der Waals surface area contributed by atoms with Crippen LogP contribution in [-0.2, 0) is 11.2 Å². The van der Waals surface area contributed by atoms with Crippen molar-refractivity contribution >= 4 is 17.9 Å². The monoisotopic (exact) mass is 368 g/mol. The van der Waals surface area contributed by atoms with E-state index >= 15 is 0 Å². The summed E-state index contributed by atoms with van der Waals surface area (Å²) < 4.78 is 13.7. The van der Waals surface area contributed by atoms with Crippen LogP contribution in [-0.4, -0.2) is 43.8 Å². The number of amides is 1. The molecule has 0 atom stereocenters. The van der Waals surface area contributed by atoms with Gasteiger partial charge in [-0.1, -0.05) is 18.2 Å².